The van der Waals surface area contributed by atoms with Crippen LogP contribution in [0.2, 0.25) is 0 Å². The first-order valence-corrected chi connectivity index (χ1v) is 3.75. The van der Waals surface area contributed by atoms with Crippen molar-refractivity contribution in [2.75, 3.05) is 6.54 Å². The Morgan fingerprint density at radius 1 is 1.42 bits per heavy atom. The number of nitrogens with two attached hydrogens (primary N) is 1. The second kappa shape index (κ2) is 3.21. The summed E-state index contributed by atoms with van der Waals surface area (Å²) in [5.41, 5.74) is 4.90. The summed E-state index contributed by atoms with van der Waals surface area (Å²) >= 11 is 0. The molecule has 0 bridgehead atoms. The largest absolute Gasteiger partial charge is 0.384 e. The minimum atomic E-state index is -1.06. The summed E-state index contributed by atoms with van der Waals surface area (Å²) < 4.78 is 12.5. The zero-order valence-corrected chi connectivity index (χ0v) is 6.92. The lowest BCUT2D eigenvalue weighted by Gasteiger charge is -2.21. The minimum absolute atomic E-state index is 0.124. The number of hydrogen-bond donors (Lipinski definition) is 2. The highest BCUT2D eigenvalue weighted by atomic mass is 19.1. The van der Waals surface area contributed by atoms with Crippen LogP contribution < -0.4 is 5.73 Å². The summed E-state index contributed by atoms with van der Waals surface area (Å²) in [4.78, 5) is 0. The second-order valence-corrected chi connectivity index (χ2v) is 2.98. The molecular formula is C9H12FNO. The highest BCUT2D eigenvalue weighted by Crippen LogP contribution is 2.18. The number of aliphatic hydroxyl groups is 1. The molecule has 1 atom stereocenters. The van der Waals surface area contributed by atoms with Crippen molar-refractivity contribution in [2.24, 2.45) is 5.73 Å². The molecule has 0 radical (unpaired) electrons. The Labute approximate surface area is 70.8 Å². The topological polar surface area (TPSA) is 46.2 Å². The molecule has 0 aromatic heterocycles. The maximum atomic E-state index is 12.5. The minimum Gasteiger partial charge on any atom is -0.384 e. The molecule has 66 valence electrons. The van der Waals surface area contributed by atoms with E-state index in [1.54, 1.807) is 6.92 Å². The lowest BCUT2D eigenvalue weighted by molar-refractivity contribution is 0.0668. The third kappa shape index (κ3) is 1.81. The average Bonchev–Trinajstić information content (AvgIpc) is 2.05. The Kier molecular flexibility index (Phi) is 2.45. The molecule has 1 unspecified atom stereocenters. The fourth-order valence-corrected chi connectivity index (χ4v) is 0.927. The number of hydrogen-bond acceptors (Lipinski definition) is 2. The summed E-state index contributed by atoms with van der Waals surface area (Å²) in [5, 5.41) is 9.64. The monoisotopic (exact) mass is 169 g/mol. The molecule has 0 saturated carbocycles. The molecule has 3 N–H and O–H groups in total. The fraction of sp³-hybridized carbons (Fsp3) is 0.333. The van der Waals surface area contributed by atoms with Gasteiger partial charge in [0.1, 0.15) is 5.82 Å². The van der Waals surface area contributed by atoms with Gasteiger partial charge in [-0.2, -0.15) is 0 Å². The highest BCUT2D eigenvalue weighted by molar-refractivity contribution is 5.22. The zero-order chi connectivity index (χ0) is 9.19. The van der Waals surface area contributed by atoms with Crippen LogP contribution in [-0.2, 0) is 5.60 Å². The van der Waals surface area contributed by atoms with Crippen molar-refractivity contribution in [2.45, 2.75) is 12.5 Å². The first-order valence-electron chi connectivity index (χ1n) is 3.75. The van der Waals surface area contributed by atoms with Gasteiger partial charge in [-0.05, 0) is 24.6 Å². The summed E-state index contributed by atoms with van der Waals surface area (Å²) in [5.74, 6) is -0.313. The van der Waals surface area contributed by atoms with Crippen LogP contribution in [0, 0.1) is 5.82 Å². The second-order valence-electron chi connectivity index (χ2n) is 2.98. The van der Waals surface area contributed by atoms with Crippen LogP contribution in [0.3, 0.4) is 0 Å². The highest BCUT2D eigenvalue weighted by Gasteiger charge is 2.20. The molecule has 0 saturated heterocycles. The van der Waals surface area contributed by atoms with Crippen LogP contribution in [0.5, 0.6) is 0 Å². The Morgan fingerprint density at radius 2 is 1.92 bits per heavy atom. The molecule has 0 heterocycles. The molecule has 12 heavy (non-hydrogen) atoms. The Balaban J connectivity index is 2.96. The van der Waals surface area contributed by atoms with Crippen molar-refractivity contribution in [3.8, 4) is 0 Å². The molecule has 1 rings (SSSR count). The Morgan fingerprint density at radius 3 is 2.33 bits per heavy atom. The predicted molar refractivity (Wildman–Crippen MR) is 45.0 cm³/mol. The van der Waals surface area contributed by atoms with E-state index in [0.29, 0.717) is 5.56 Å². The molecule has 0 aliphatic heterocycles. The van der Waals surface area contributed by atoms with Gasteiger partial charge in [0.2, 0.25) is 0 Å². The van der Waals surface area contributed by atoms with Gasteiger partial charge in [-0.25, -0.2) is 4.39 Å². The molecular weight excluding hydrogens is 157 g/mol. The van der Waals surface area contributed by atoms with Gasteiger partial charge in [0.15, 0.2) is 0 Å². The van der Waals surface area contributed by atoms with Gasteiger partial charge in [0.25, 0.3) is 0 Å². The van der Waals surface area contributed by atoms with Crippen LogP contribution in [0.25, 0.3) is 0 Å². The standard InChI is InChI=1S/C9H12FNO/c1-9(12,6-11)7-2-4-8(10)5-3-7/h2-5,12H,6,11H2,1H3. The van der Waals surface area contributed by atoms with E-state index in [0.717, 1.165) is 0 Å². The van der Waals surface area contributed by atoms with E-state index in [-0.39, 0.29) is 12.4 Å². The van der Waals surface area contributed by atoms with Crippen molar-refractivity contribution in [3.63, 3.8) is 0 Å². The van der Waals surface area contributed by atoms with Gasteiger partial charge < -0.3 is 10.8 Å². The Hall–Kier alpha value is -0.930. The van der Waals surface area contributed by atoms with Crippen LogP contribution in [-0.4, -0.2) is 11.7 Å². The molecule has 0 spiro atoms. The van der Waals surface area contributed by atoms with Crippen molar-refractivity contribution < 1.29 is 9.50 Å². The number of halogens is 1. The molecule has 1 aromatic rings. The predicted octanol–water partition coefficient (Wildman–Crippen LogP) is 0.992. The number of benzene rings is 1. The van der Waals surface area contributed by atoms with Gasteiger partial charge in [0, 0.05) is 6.54 Å². The van der Waals surface area contributed by atoms with Gasteiger partial charge in [-0.15, -0.1) is 0 Å². The van der Waals surface area contributed by atoms with Crippen LogP contribution in [0.1, 0.15) is 12.5 Å². The van der Waals surface area contributed by atoms with Crippen LogP contribution in [0.4, 0.5) is 4.39 Å². The van der Waals surface area contributed by atoms with Crippen LogP contribution in [0.15, 0.2) is 24.3 Å². The third-order valence-corrected chi connectivity index (χ3v) is 1.86. The third-order valence-electron chi connectivity index (χ3n) is 1.86. The molecule has 0 aliphatic carbocycles. The van der Waals surface area contributed by atoms with E-state index in [1.807, 2.05) is 0 Å². The molecule has 2 nitrogen and oxygen atoms in total. The summed E-state index contributed by atoms with van der Waals surface area (Å²) in [6.45, 7) is 1.72. The van der Waals surface area contributed by atoms with Gasteiger partial charge in [-0.1, -0.05) is 12.1 Å². The van der Waals surface area contributed by atoms with E-state index in [4.69, 9.17) is 5.73 Å². The first kappa shape index (κ1) is 9.16. The van der Waals surface area contributed by atoms with Crippen molar-refractivity contribution >= 4 is 0 Å². The van der Waals surface area contributed by atoms with Crippen molar-refractivity contribution in [3.05, 3.63) is 35.6 Å². The summed E-state index contributed by atoms with van der Waals surface area (Å²) in [7, 11) is 0. The van der Waals surface area contributed by atoms with E-state index in [2.05, 4.69) is 0 Å². The quantitative estimate of drug-likeness (QED) is 0.693. The van der Waals surface area contributed by atoms with E-state index in [9.17, 15) is 9.50 Å². The van der Waals surface area contributed by atoms with Crippen molar-refractivity contribution in [1.82, 2.24) is 0 Å². The lowest BCUT2D eigenvalue weighted by atomic mass is 9.96. The van der Waals surface area contributed by atoms with E-state index in [1.165, 1.54) is 24.3 Å². The molecule has 0 amide bonds. The van der Waals surface area contributed by atoms with Gasteiger partial charge in [-0.3, -0.25) is 0 Å². The van der Waals surface area contributed by atoms with Crippen LogP contribution >= 0.6 is 0 Å². The van der Waals surface area contributed by atoms with Gasteiger partial charge in [0.05, 0.1) is 5.60 Å². The first-order chi connectivity index (χ1) is 5.56. The maximum Gasteiger partial charge on any atom is 0.123 e. The molecule has 1 aromatic carbocycles. The lowest BCUT2D eigenvalue weighted by Crippen LogP contribution is -2.31. The molecule has 0 aliphatic rings. The van der Waals surface area contributed by atoms with E-state index < -0.39 is 5.60 Å². The molecule has 0 fully saturated rings. The number of rotatable bonds is 2. The summed E-state index contributed by atoms with van der Waals surface area (Å²) in [6.07, 6.45) is 0. The smallest absolute Gasteiger partial charge is 0.123 e. The zero-order valence-electron chi connectivity index (χ0n) is 6.92. The molecule has 3 heteroatoms. The van der Waals surface area contributed by atoms with Gasteiger partial charge >= 0.3 is 0 Å². The normalized spacial score (nSPS) is 15.7. The van der Waals surface area contributed by atoms with Crippen molar-refractivity contribution in [1.29, 1.82) is 0 Å². The maximum absolute atomic E-state index is 12.5. The summed E-state index contributed by atoms with van der Waals surface area (Å²) in [6, 6.07) is 5.67. The SMILES string of the molecule is CC(O)(CN)c1ccc(F)cc1. The van der Waals surface area contributed by atoms with E-state index >= 15 is 0 Å². The fourth-order valence-electron chi connectivity index (χ4n) is 0.927. The Bertz CT molecular complexity index is 256. The average molecular weight is 169 g/mol.